The first kappa shape index (κ1) is 20.4. The lowest BCUT2D eigenvalue weighted by molar-refractivity contribution is 0.0855. The summed E-state index contributed by atoms with van der Waals surface area (Å²) in [4.78, 5) is 19.7. The highest BCUT2D eigenvalue weighted by atomic mass is 32.2. The lowest BCUT2D eigenvalue weighted by Gasteiger charge is -2.29. The Morgan fingerprint density at radius 2 is 2.07 bits per heavy atom. The van der Waals surface area contributed by atoms with Crippen LogP contribution < -0.4 is 4.31 Å². The van der Waals surface area contributed by atoms with Crippen LogP contribution in [-0.2, 0) is 14.9 Å². The fourth-order valence-corrected chi connectivity index (χ4v) is 4.87. The van der Waals surface area contributed by atoms with E-state index in [0.717, 1.165) is 15.4 Å². The third-order valence-corrected chi connectivity index (χ3v) is 6.66. The van der Waals surface area contributed by atoms with Crippen LogP contribution in [0.25, 0.3) is 21.1 Å². The van der Waals surface area contributed by atoms with Gasteiger partial charge in [0.1, 0.15) is 22.5 Å². The molecule has 0 radical (unpaired) electrons. The summed E-state index contributed by atoms with van der Waals surface area (Å²) in [6.07, 6.45) is 6.78. The first-order valence-corrected chi connectivity index (χ1v) is 12.1. The van der Waals surface area contributed by atoms with Gasteiger partial charge in [-0.2, -0.15) is 0 Å². The van der Waals surface area contributed by atoms with Crippen LogP contribution in [0.2, 0.25) is 0 Å². The second-order valence-corrected chi connectivity index (χ2v) is 10.1. The maximum atomic E-state index is 12.3. The minimum absolute atomic E-state index is 0.0828. The van der Waals surface area contributed by atoms with Crippen molar-refractivity contribution in [2.75, 3.05) is 17.1 Å². The number of oxime groups is 1. The molecule has 0 fully saturated rings. The second-order valence-electron chi connectivity index (χ2n) is 7.11. The summed E-state index contributed by atoms with van der Waals surface area (Å²) < 4.78 is 25.9. The topological polar surface area (TPSA) is 97.6 Å². The Hall–Kier alpha value is -2.85. The largest absolute Gasteiger partial charge is 0.393 e. The molecule has 3 aromatic heterocycles. The van der Waals surface area contributed by atoms with E-state index in [1.807, 2.05) is 32.0 Å². The normalized spacial score (nSPS) is 15.5. The minimum atomic E-state index is -3.42. The number of sulfonamides is 1. The van der Waals surface area contributed by atoms with Gasteiger partial charge >= 0.3 is 0 Å². The highest BCUT2D eigenvalue weighted by molar-refractivity contribution is 7.92. The molecule has 0 atom stereocenters. The maximum absolute atomic E-state index is 12.3. The molecule has 0 aromatic carbocycles. The monoisotopic (exact) mass is 443 g/mol. The fourth-order valence-electron chi connectivity index (χ4n) is 3.07. The number of nitrogens with zero attached hydrogens (tertiary/aromatic N) is 5. The average Bonchev–Trinajstić information content (AvgIpc) is 3.21. The molecule has 3 aromatic rings. The highest BCUT2D eigenvalue weighted by Gasteiger charge is 2.30. The molecule has 0 N–H and O–H groups in total. The average molecular weight is 444 g/mol. The first-order valence-electron chi connectivity index (χ1n) is 9.41. The molecule has 8 nitrogen and oxygen atoms in total. The standard InChI is InChI=1S/C20H21N5O3S2/c1-13(2)28-24-16-8-10-25(30(3,26)27)17-7-6-15(23-19(16)17)18-12-22-20(29-18)14-5-4-9-21-11-14/h4-7,9,11-13H,8,10H2,1-3H3. The molecule has 4 heterocycles. The van der Waals surface area contributed by atoms with Gasteiger partial charge < -0.3 is 4.84 Å². The van der Waals surface area contributed by atoms with E-state index in [-0.39, 0.29) is 6.10 Å². The summed E-state index contributed by atoms with van der Waals surface area (Å²) in [7, 11) is -3.42. The quantitative estimate of drug-likeness (QED) is 0.559. The van der Waals surface area contributed by atoms with Crippen molar-refractivity contribution in [3.05, 3.63) is 48.5 Å². The van der Waals surface area contributed by atoms with Crippen molar-refractivity contribution in [2.45, 2.75) is 26.4 Å². The van der Waals surface area contributed by atoms with Gasteiger partial charge in [-0.05, 0) is 38.1 Å². The molecule has 0 saturated carbocycles. The van der Waals surface area contributed by atoms with Crippen molar-refractivity contribution < 1.29 is 13.3 Å². The number of hydrogen-bond donors (Lipinski definition) is 0. The highest BCUT2D eigenvalue weighted by Crippen LogP contribution is 2.34. The summed E-state index contributed by atoms with van der Waals surface area (Å²) in [5.74, 6) is 0. The summed E-state index contributed by atoms with van der Waals surface area (Å²) in [5.41, 5.74) is 3.30. The van der Waals surface area contributed by atoms with Crippen molar-refractivity contribution in [1.82, 2.24) is 15.0 Å². The van der Waals surface area contributed by atoms with Gasteiger partial charge in [0.05, 0.1) is 22.5 Å². The van der Waals surface area contributed by atoms with Crippen LogP contribution in [0.5, 0.6) is 0 Å². The zero-order valence-corrected chi connectivity index (χ0v) is 18.4. The van der Waals surface area contributed by atoms with Gasteiger partial charge in [0.15, 0.2) is 0 Å². The van der Waals surface area contributed by atoms with Gasteiger partial charge in [-0.1, -0.05) is 5.16 Å². The van der Waals surface area contributed by atoms with Crippen LogP contribution >= 0.6 is 11.3 Å². The molecule has 10 heteroatoms. The Labute approximate surface area is 179 Å². The number of anilines is 1. The number of pyridine rings is 2. The zero-order valence-electron chi connectivity index (χ0n) is 16.8. The molecule has 0 bridgehead atoms. The number of aromatic nitrogens is 3. The zero-order chi connectivity index (χ0) is 21.3. The smallest absolute Gasteiger partial charge is 0.232 e. The van der Waals surface area contributed by atoms with Crippen molar-refractivity contribution in [3.63, 3.8) is 0 Å². The molecule has 4 rings (SSSR count). The van der Waals surface area contributed by atoms with Crippen LogP contribution in [0.3, 0.4) is 0 Å². The van der Waals surface area contributed by atoms with Crippen LogP contribution in [0.4, 0.5) is 5.69 Å². The van der Waals surface area contributed by atoms with Crippen molar-refractivity contribution in [3.8, 4) is 21.1 Å². The number of thiazole rings is 1. The Balaban J connectivity index is 1.77. The van der Waals surface area contributed by atoms with E-state index in [1.165, 1.54) is 21.9 Å². The van der Waals surface area contributed by atoms with Crippen molar-refractivity contribution in [2.24, 2.45) is 5.16 Å². The lowest BCUT2D eigenvalue weighted by Crippen LogP contribution is -2.37. The Kier molecular flexibility index (Phi) is 5.52. The van der Waals surface area contributed by atoms with Crippen molar-refractivity contribution >= 4 is 32.8 Å². The third kappa shape index (κ3) is 4.19. The molecule has 156 valence electrons. The van der Waals surface area contributed by atoms with E-state index >= 15 is 0 Å². The van der Waals surface area contributed by atoms with Crippen LogP contribution in [-0.4, -0.2) is 48.0 Å². The predicted molar refractivity (Wildman–Crippen MR) is 118 cm³/mol. The third-order valence-electron chi connectivity index (χ3n) is 4.41. The van der Waals surface area contributed by atoms with E-state index in [0.29, 0.717) is 35.8 Å². The number of hydrogen-bond acceptors (Lipinski definition) is 8. The molecule has 0 unspecified atom stereocenters. The van der Waals surface area contributed by atoms with Gasteiger partial charge in [0, 0.05) is 37.1 Å². The van der Waals surface area contributed by atoms with E-state index in [1.54, 1.807) is 24.7 Å². The van der Waals surface area contributed by atoms with E-state index < -0.39 is 10.0 Å². The molecule has 0 spiro atoms. The summed E-state index contributed by atoms with van der Waals surface area (Å²) >= 11 is 1.50. The van der Waals surface area contributed by atoms with Crippen LogP contribution in [0.1, 0.15) is 26.0 Å². The molecule has 0 aliphatic carbocycles. The minimum Gasteiger partial charge on any atom is -0.393 e. The second kappa shape index (κ2) is 8.11. The molecular formula is C20H21N5O3S2. The van der Waals surface area contributed by atoms with Crippen LogP contribution in [0.15, 0.2) is 48.0 Å². The molecule has 0 amide bonds. The Morgan fingerprint density at radius 1 is 1.23 bits per heavy atom. The molecule has 1 aliphatic rings. The first-order chi connectivity index (χ1) is 14.3. The van der Waals surface area contributed by atoms with Gasteiger partial charge in [-0.25, -0.2) is 18.4 Å². The molecular weight excluding hydrogens is 422 g/mol. The molecule has 1 aliphatic heterocycles. The molecule has 0 saturated heterocycles. The summed E-state index contributed by atoms with van der Waals surface area (Å²) in [5, 5.41) is 5.08. The SMILES string of the molecule is CC(C)ON=C1CCN(S(C)(=O)=O)c2ccc(-c3cnc(-c4cccnc4)s3)nc21. The summed E-state index contributed by atoms with van der Waals surface area (Å²) in [6.45, 7) is 4.08. The Morgan fingerprint density at radius 3 is 2.77 bits per heavy atom. The van der Waals surface area contributed by atoms with E-state index in [2.05, 4.69) is 15.1 Å². The van der Waals surface area contributed by atoms with E-state index in [9.17, 15) is 8.42 Å². The van der Waals surface area contributed by atoms with E-state index in [4.69, 9.17) is 9.82 Å². The van der Waals surface area contributed by atoms with Gasteiger partial charge in [0.2, 0.25) is 10.0 Å². The van der Waals surface area contributed by atoms with Gasteiger partial charge in [-0.15, -0.1) is 11.3 Å². The van der Waals surface area contributed by atoms with Crippen LogP contribution in [0, 0.1) is 0 Å². The number of rotatable bonds is 5. The van der Waals surface area contributed by atoms with Crippen molar-refractivity contribution in [1.29, 1.82) is 0 Å². The maximum Gasteiger partial charge on any atom is 0.232 e. The Bertz CT molecular complexity index is 1190. The molecule has 30 heavy (non-hydrogen) atoms. The van der Waals surface area contributed by atoms with Gasteiger partial charge in [-0.3, -0.25) is 9.29 Å². The number of fused-ring (bicyclic) bond motifs is 1. The fraction of sp³-hybridized carbons (Fsp3) is 0.300. The summed E-state index contributed by atoms with van der Waals surface area (Å²) in [6, 6.07) is 7.40. The lowest BCUT2D eigenvalue weighted by atomic mass is 10.1. The predicted octanol–water partition coefficient (Wildman–Crippen LogP) is 3.57. The van der Waals surface area contributed by atoms with Gasteiger partial charge in [0.25, 0.3) is 0 Å².